The van der Waals surface area contributed by atoms with Gasteiger partial charge in [-0.25, -0.2) is 9.59 Å². The molecule has 0 aromatic heterocycles. The maximum Gasteiger partial charge on any atom is 0.336 e. The van der Waals surface area contributed by atoms with E-state index in [1.165, 1.54) is 18.2 Å². The third kappa shape index (κ3) is 2.80. The molecule has 0 bridgehead atoms. The Kier molecular flexibility index (Phi) is 4.09. The van der Waals surface area contributed by atoms with Crippen molar-refractivity contribution in [1.82, 2.24) is 0 Å². The Balaban J connectivity index is 2.76. The van der Waals surface area contributed by atoms with E-state index in [9.17, 15) is 24.9 Å². The van der Waals surface area contributed by atoms with Gasteiger partial charge >= 0.3 is 11.9 Å². The number of benzene rings is 2. The topological polar surface area (TPSA) is 107 Å². The van der Waals surface area contributed by atoms with Crippen molar-refractivity contribution < 1.29 is 24.9 Å². The Labute approximate surface area is 120 Å². The molecule has 2 aromatic rings. The average molecular weight is 289 g/mol. The standard InChI is InChI=1S/C15H15NO5/c1-2-12(17)16-11-7-6-10(15(20)21)13-8(11)4-3-5-9(13)14(18)19/h3-7,12,16-17H,2H2,1H3,(H,18,19)(H,20,21). The van der Waals surface area contributed by atoms with Crippen LogP contribution in [0.25, 0.3) is 10.8 Å². The number of aliphatic hydroxyl groups is 1. The first-order valence-electron chi connectivity index (χ1n) is 6.42. The summed E-state index contributed by atoms with van der Waals surface area (Å²) in [7, 11) is 0. The molecule has 0 aliphatic carbocycles. The summed E-state index contributed by atoms with van der Waals surface area (Å²) >= 11 is 0. The number of carbonyl (C=O) groups is 2. The van der Waals surface area contributed by atoms with Crippen LogP contribution in [0.2, 0.25) is 0 Å². The fourth-order valence-electron chi connectivity index (χ4n) is 2.17. The lowest BCUT2D eigenvalue weighted by Crippen LogP contribution is -2.17. The second-order valence-corrected chi connectivity index (χ2v) is 4.57. The number of hydrogen-bond acceptors (Lipinski definition) is 4. The molecule has 0 radical (unpaired) electrons. The van der Waals surface area contributed by atoms with Gasteiger partial charge in [0.1, 0.15) is 6.23 Å². The first-order valence-corrected chi connectivity index (χ1v) is 6.42. The van der Waals surface area contributed by atoms with Crippen LogP contribution in [0.5, 0.6) is 0 Å². The molecule has 110 valence electrons. The number of rotatable bonds is 5. The molecule has 0 aliphatic heterocycles. The van der Waals surface area contributed by atoms with E-state index in [0.29, 0.717) is 17.5 Å². The highest BCUT2D eigenvalue weighted by atomic mass is 16.4. The van der Waals surface area contributed by atoms with Crippen molar-refractivity contribution in [2.45, 2.75) is 19.6 Å². The highest BCUT2D eigenvalue weighted by Crippen LogP contribution is 2.30. The number of carboxylic acid groups (broad SMARTS) is 2. The van der Waals surface area contributed by atoms with E-state index in [2.05, 4.69) is 5.32 Å². The number of aromatic carboxylic acids is 2. The molecule has 0 amide bonds. The summed E-state index contributed by atoms with van der Waals surface area (Å²) < 4.78 is 0. The van der Waals surface area contributed by atoms with Crippen LogP contribution in [-0.2, 0) is 0 Å². The molecular formula is C15H15NO5. The SMILES string of the molecule is CCC(O)Nc1ccc(C(=O)O)c2c(C(=O)O)cccc12. The highest BCUT2D eigenvalue weighted by Gasteiger charge is 2.18. The van der Waals surface area contributed by atoms with Gasteiger partial charge in [-0.05, 0) is 24.6 Å². The third-order valence-electron chi connectivity index (χ3n) is 3.21. The van der Waals surface area contributed by atoms with Gasteiger partial charge in [-0.3, -0.25) is 0 Å². The van der Waals surface area contributed by atoms with Crippen LogP contribution in [0.4, 0.5) is 5.69 Å². The van der Waals surface area contributed by atoms with Crippen LogP contribution in [0.15, 0.2) is 30.3 Å². The van der Waals surface area contributed by atoms with Crippen molar-refractivity contribution in [2.75, 3.05) is 5.32 Å². The Morgan fingerprint density at radius 3 is 2.29 bits per heavy atom. The minimum absolute atomic E-state index is 0.0838. The van der Waals surface area contributed by atoms with Crippen LogP contribution in [0, 0.1) is 0 Å². The molecule has 6 nitrogen and oxygen atoms in total. The largest absolute Gasteiger partial charge is 0.478 e. The monoisotopic (exact) mass is 289 g/mol. The second kappa shape index (κ2) is 5.80. The van der Waals surface area contributed by atoms with Gasteiger partial charge in [0, 0.05) is 16.5 Å². The van der Waals surface area contributed by atoms with Crippen molar-refractivity contribution in [3.8, 4) is 0 Å². The number of aliphatic hydroxyl groups excluding tert-OH is 1. The maximum absolute atomic E-state index is 11.3. The molecule has 2 rings (SSSR count). The van der Waals surface area contributed by atoms with E-state index in [4.69, 9.17) is 0 Å². The van der Waals surface area contributed by atoms with Gasteiger partial charge in [-0.2, -0.15) is 0 Å². The van der Waals surface area contributed by atoms with Crippen molar-refractivity contribution in [2.24, 2.45) is 0 Å². The van der Waals surface area contributed by atoms with E-state index in [1.54, 1.807) is 19.1 Å². The van der Waals surface area contributed by atoms with E-state index in [-0.39, 0.29) is 16.5 Å². The van der Waals surface area contributed by atoms with Gasteiger partial charge in [-0.15, -0.1) is 0 Å². The molecule has 6 heteroatoms. The van der Waals surface area contributed by atoms with Crippen molar-refractivity contribution >= 4 is 28.4 Å². The lowest BCUT2D eigenvalue weighted by molar-refractivity contribution is 0.0695. The molecule has 21 heavy (non-hydrogen) atoms. The van der Waals surface area contributed by atoms with E-state index in [0.717, 1.165) is 0 Å². The maximum atomic E-state index is 11.3. The Morgan fingerprint density at radius 2 is 1.71 bits per heavy atom. The van der Waals surface area contributed by atoms with Crippen LogP contribution >= 0.6 is 0 Å². The van der Waals surface area contributed by atoms with Crippen molar-refractivity contribution in [1.29, 1.82) is 0 Å². The van der Waals surface area contributed by atoms with Crippen molar-refractivity contribution in [3.05, 3.63) is 41.5 Å². The minimum Gasteiger partial charge on any atom is -0.478 e. The molecule has 1 unspecified atom stereocenters. The van der Waals surface area contributed by atoms with Crippen LogP contribution in [0.3, 0.4) is 0 Å². The summed E-state index contributed by atoms with van der Waals surface area (Å²) in [5.74, 6) is -2.40. The van der Waals surface area contributed by atoms with E-state index < -0.39 is 18.2 Å². The zero-order valence-electron chi connectivity index (χ0n) is 11.3. The number of nitrogens with one attached hydrogen (secondary N) is 1. The predicted molar refractivity (Wildman–Crippen MR) is 77.8 cm³/mol. The number of anilines is 1. The first kappa shape index (κ1) is 14.8. The highest BCUT2D eigenvalue weighted by molar-refractivity contribution is 6.15. The van der Waals surface area contributed by atoms with Gasteiger partial charge in [0.2, 0.25) is 0 Å². The summed E-state index contributed by atoms with van der Waals surface area (Å²) in [6.45, 7) is 1.79. The molecule has 0 fully saturated rings. The molecule has 0 spiro atoms. The average Bonchev–Trinajstić information content (AvgIpc) is 2.46. The molecular weight excluding hydrogens is 274 g/mol. The minimum atomic E-state index is -1.20. The summed E-state index contributed by atoms with van der Waals surface area (Å²) in [5.41, 5.74) is 0.325. The predicted octanol–water partition coefficient (Wildman–Crippen LogP) is 2.38. The van der Waals surface area contributed by atoms with Gasteiger partial charge in [0.25, 0.3) is 0 Å². The Bertz CT molecular complexity index is 690. The zero-order chi connectivity index (χ0) is 15.6. The number of hydrogen-bond donors (Lipinski definition) is 4. The zero-order valence-corrected chi connectivity index (χ0v) is 11.3. The Hall–Kier alpha value is -2.60. The summed E-state index contributed by atoms with van der Waals surface area (Å²) in [6, 6.07) is 7.38. The molecule has 2 aromatic carbocycles. The second-order valence-electron chi connectivity index (χ2n) is 4.57. The molecule has 0 heterocycles. The normalized spacial score (nSPS) is 12.1. The lowest BCUT2D eigenvalue weighted by Gasteiger charge is -2.16. The fourth-order valence-corrected chi connectivity index (χ4v) is 2.17. The third-order valence-corrected chi connectivity index (χ3v) is 3.21. The van der Waals surface area contributed by atoms with Gasteiger partial charge in [0.05, 0.1) is 11.1 Å². The van der Waals surface area contributed by atoms with E-state index >= 15 is 0 Å². The van der Waals surface area contributed by atoms with Crippen molar-refractivity contribution in [3.63, 3.8) is 0 Å². The molecule has 0 aliphatic rings. The molecule has 0 saturated heterocycles. The summed E-state index contributed by atoms with van der Waals surface area (Å²) in [5, 5.41) is 31.6. The fraction of sp³-hybridized carbons (Fsp3) is 0.200. The molecule has 1 atom stereocenters. The van der Waals surface area contributed by atoms with E-state index in [1.807, 2.05) is 0 Å². The lowest BCUT2D eigenvalue weighted by atomic mass is 9.97. The van der Waals surface area contributed by atoms with Crippen LogP contribution in [0.1, 0.15) is 34.1 Å². The molecule has 0 saturated carbocycles. The Morgan fingerprint density at radius 1 is 1.10 bits per heavy atom. The smallest absolute Gasteiger partial charge is 0.336 e. The molecule has 4 N–H and O–H groups in total. The van der Waals surface area contributed by atoms with Gasteiger partial charge in [0.15, 0.2) is 0 Å². The first-order chi connectivity index (χ1) is 9.95. The number of carboxylic acids is 2. The van der Waals surface area contributed by atoms with Gasteiger partial charge < -0.3 is 20.6 Å². The summed E-state index contributed by atoms with van der Waals surface area (Å²) in [6.07, 6.45) is -0.335. The quantitative estimate of drug-likeness (QED) is 0.630. The number of fused-ring (bicyclic) bond motifs is 1. The summed E-state index contributed by atoms with van der Waals surface area (Å²) in [4.78, 5) is 22.6. The van der Waals surface area contributed by atoms with Crippen LogP contribution < -0.4 is 5.32 Å². The van der Waals surface area contributed by atoms with Crippen LogP contribution in [-0.4, -0.2) is 33.5 Å². The van der Waals surface area contributed by atoms with Gasteiger partial charge in [-0.1, -0.05) is 19.1 Å².